The van der Waals surface area contributed by atoms with Gasteiger partial charge >= 0.3 is 0 Å². The van der Waals surface area contributed by atoms with Crippen LogP contribution in [0.1, 0.15) is 43.1 Å². The van der Waals surface area contributed by atoms with E-state index in [1.165, 1.54) is 0 Å². The number of rotatable bonds is 6. The Morgan fingerprint density at radius 2 is 2.25 bits per heavy atom. The predicted molar refractivity (Wildman–Crippen MR) is 102 cm³/mol. The molecule has 0 bridgehead atoms. The van der Waals surface area contributed by atoms with E-state index in [4.69, 9.17) is 4.74 Å². The van der Waals surface area contributed by atoms with Crippen molar-refractivity contribution < 1.29 is 14.6 Å². The number of aliphatic hydroxyl groups is 1. The van der Waals surface area contributed by atoms with E-state index in [-0.39, 0.29) is 18.1 Å². The standard InChI is InChI=1S/C19H24N6O3/c1-12(26)10-28-15-4-2-14(3-5-15)22-19(27)18-17-13(9-21-24-17)8-16(23-18)25-7-6-20-11-25/h6-9,11-12,14-15,26H,2-5,10H2,1H3,(H,21,24)(H,22,27)/t12-,14-,15-/m1/s1. The van der Waals surface area contributed by atoms with E-state index in [1.807, 2.05) is 6.07 Å². The highest BCUT2D eigenvalue weighted by atomic mass is 16.5. The zero-order valence-electron chi connectivity index (χ0n) is 15.7. The van der Waals surface area contributed by atoms with E-state index in [0.29, 0.717) is 23.6 Å². The van der Waals surface area contributed by atoms with Gasteiger partial charge in [0.25, 0.3) is 5.91 Å². The second-order valence-corrected chi connectivity index (χ2v) is 7.26. The third-order valence-corrected chi connectivity index (χ3v) is 4.98. The Hall–Kier alpha value is -2.78. The molecule has 0 aromatic carbocycles. The van der Waals surface area contributed by atoms with Gasteiger partial charge in [0, 0.05) is 23.8 Å². The Kier molecular flexibility index (Phi) is 5.36. The zero-order valence-corrected chi connectivity index (χ0v) is 15.7. The SMILES string of the molecule is C[C@@H](O)CO[C@H]1CC[C@H](NC(=O)c2nc(-n3ccnc3)cc3cn[nH]c23)CC1. The van der Waals surface area contributed by atoms with Crippen molar-refractivity contribution in [2.45, 2.75) is 50.9 Å². The van der Waals surface area contributed by atoms with Gasteiger partial charge in [-0.3, -0.25) is 14.5 Å². The first-order valence-electron chi connectivity index (χ1n) is 9.53. The van der Waals surface area contributed by atoms with Crippen molar-refractivity contribution in [1.29, 1.82) is 0 Å². The number of H-pyrrole nitrogens is 1. The van der Waals surface area contributed by atoms with Gasteiger partial charge < -0.3 is 15.2 Å². The molecule has 1 saturated carbocycles. The molecule has 9 heteroatoms. The molecule has 1 aliphatic rings. The second kappa shape index (κ2) is 8.07. The fraction of sp³-hybridized carbons (Fsp3) is 0.474. The maximum absolute atomic E-state index is 12.9. The van der Waals surface area contributed by atoms with E-state index in [9.17, 15) is 9.90 Å². The minimum absolute atomic E-state index is 0.0792. The molecular formula is C19H24N6O3. The summed E-state index contributed by atoms with van der Waals surface area (Å²) in [7, 11) is 0. The summed E-state index contributed by atoms with van der Waals surface area (Å²) in [5, 5.41) is 20.2. The number of pyridine rings is 1. The molecule has 0 spiro atoms. The fourth-order valence-electron chi connectivity index (χ4n) is 3.53. The monoisotopic (exact) mass is 384 g/mol. The van der Waals surface area contributed by atoms with Gasteiger partial charge in [-0.25, -0.2) is 9.97 Å². The second-order valence-electron chi connectivity index (χ2n) is 7.26. The van der Waals surface area contributed by atoms with Crippen molar-refractivity contribution in [2.24, 2.45) is 0 Å². The number of aromatic amines is 1. The van der Waals surface area contributed by atoms with Crippen molar-refractivity contribution in [3.8, 4) is 5.82 Å². The van der Waals surface area contributed by atoms with Crippen LogP contribution in [0.5, 0.6) is 0 Å². The number of nitrogens with one attached hydrogen (secondary N) is 2. The quantitative estimate of drug-likeness (QED) is 0.594. The van der Waals surface area contributed by atoms with Crippen LogP contribution in [-0.4, -0.2) is 60.6 Å². The fourth-order valence-corrected chi connectivity index (χ4v) is 3.53. The molecule has 4 rings (SSSR count). The molecule has 0 saturated heterocycles. The van der Waals surface area contributed by atoms with E-state index in [0.717, 1.165) is 31.1 Å². The van der Waals surface area contributed by atoms with Crippen LogP contribution in [0.3, 0.4) is 0 Å². The van der Waals surface area contributed by atoms with Crippen LogP contribution in [0, 0.1) is 0 Å². The number of aromatic nitrogens is 5. The highest BCUT2D eigenvalue weighted by molar-refractivity contribution is 6.04. The van der Waals surface area contributed by atoms with Gasteiger partial charge in [-0.2, -0.15) is 5.10 Å². The minimum atomic E-state index is -0.455. The number of imidazole rings is 1. The van der Waals surface area contributed by atoms with E-state index in [2.05, 4.69) is 25.5 Å². The Morgan fingerprint density at radius 3 is 2.96 bits per heavy atom. The van der Waals surface area contributed by atoms with Crippen molar-refractivity contribution >= 4 is 16.8 Å². The number of nitrogens with zero attached hydrogens (tertiary/aromatic N) is 4. The number of fused-ring (bicyclic) bond motifs is 1. The molecular weight excluding hydrogens is 360 g/mol. The van der Waals surface area contributed by atoms with Crippen molar-refractivity contribution in [3.05, 3.63) is 36.7 Å². The molecule has 9 nitrogen and oxygen atoms in total. The molecule has 3 heterocycles. The summed E-state index contributed by atoms with van der Waals surface area (Å²) in [5.74, 6) is 0.399. The summed E-state index contributed by atoms with van der Waals surface area (Å²) in [6, 6.07) is 1.94. The average molecular weight is 384 g/mol. The van der Waals surface area contributed by atoms with Gasteiger partial charge in [0.2, 0.25) is 0 Å². The predicted octanol–water partition coefficient (Wildman–Crippen LogP) is 1.58. The van der Waals surface area contributed by atoms with Crippen LogP contribution >= 0.6 is 0 Å². The number of hydrogen-bond donors (Lipinski definition) is 3. The third-order valence-electron chi connectivity index (χ3n) is 4.98. The first-order chi connectivity index (χ1) is 13.6. The van der Waals surface area contributed by atoms with Crippen LogP contribution in [0.4, 0.5) is 0 Å². The van der Waals surface area contributed by atoms with E-state index >= 15 is 0 Å². The summed E-state index contributed by atoms with van der Waals surface area (Å²) in [6.45, 7) is 2.07. The molecule has 1 aliphatic carbocycles. The lowest BCUT2D eigenvalue weighted by atomic mass is 9.93. The van der Waals surface area contributed by atoms with Crippen LogP contribution in [0.25, 0.3) is 16.7 Å². The number of aliphatic hydroxyl groups excluding tert-OH is 1. The van der Waals surface area contributed by atoms with E-state index < -0.39 is 6.10 Å². The van der Waals surface area contributed by atoms with Crippen molar-refractivity contribution in [3.63, 3.8) is 0 Å². The first-order valence-corrected chi connectivity index (χ1v) is 9.53. The number of ether oxygens (including phenoxy) is 1. The maximum Gasteiger partial charge on any atom is 0.272 e. The Labute approximate surface area is 162 Å². The molecule has 148 valence electrons. The highest BCUT2D eigenvalue weighted by Gasteiger charge is 2.25. The molecule has 1 amide bonds. The summed E-state index contributed by atoms with van der Waals surface area (Å²) >= 11 is 0. The molecule has 1 atom stereocenters. The summed E-state index contributed by atoms with van der Waals surface area (Å²) in [4.78, 5) is 21.5. The van der Waals surface area contributed by atoms with Crippen LogP contribution in [-0.2, 0) is 4.74 Å². The van der Waals surface area contributed by atoms with Gasteiger partial charge in [-0.15, -0.1) is 0 Å². The summed E-state index contributed by atoms with van der Waals surface area (Å²) < 4.78 is 7.45. The zero-order chi connectivity index (χ0) is 19.5. The number of amides is 1. The van der Waals surface area contributed by atoms with Gasteiger partial charge in [-0.1, -0.05) is 0 Å². The smallest absolute Gasteiger partial charge is 0.272 e. The minimum Gasteiger partial charge on any atom is -0.391 e. The third kappa shape index (κ3) is 4.05. The largest absolute Gasteiger partial charge is 0.391 e. The molecule has 3 aromatic rings. The van der Waals surface area contributed by atoms with Crippen LogP contribution in [0.15, 0.2) is 31.0 Å². The molecule has 1 fully saturated rings. The van der Waals surface area contributed by atoms with Gasteiger partial charge in [-0.05, 0) is 38.7 Å². The Morgan fingerprint density at radius 1 is 1.43 bits per heavy atom. The molecule has 0 unspecified atom stereocenters. The Bertz CT molecular complexity index is 928. The summed E-state index contributed by atoms with van der Waals surface area (Å²) in [6.07, 6.45) is 9.85. The topological polar surface area (TPSA) is 118 Å². The summed E-state index contributed by atoms with van der Waals surface area (Å²) in [5.41, 5.74) is 0.946. The first kappa shape index (κ1) is 18.6. The van der Waals surface area contributed by atoms with E-state index in [1.54, 1.807) is 36.4 Å². The Balaban J connectivity index is 1.45. The molecule has 0 radical (unpaired) electrons. The number of carbonyl (C=O) groups is 1. The lowest BCUT2D eigenvalue weighted by Crippen LogP contribution is -2.39. The highest BCUT2D eigenvalue weighted by Crippen LogP contribution is 2.23. The molecule has 3 N–H and O–H groups in total. The normalized spacial score (nSPS) is 20.9. The molecule has 28 heavy (non-hydrogen) atoms. The lowest BCUT2D eigenvalue weighted by Gasteiger charge is -2.29. The van der Waals surface area contributed by atoms with Crippen molar-refractivity contribution in [1.82, 2.24) is 30.0 Å². The maximum atomic E-state index is 12.9. The van der Waals surface area contributed by atoms with Gasteiger partial charge in [0.15, 0.2) is 5.69 Å². The average Bonchev–Trinajstić information content (AvgIpc) is 3.38. The van der Waals surface area contributed by atoms with Crippen LogP contribution in [0.2, 0.25) is 0 Å². The number of hydrogen-bond acceptors (Lipinski definition) is 6. The van der Waals surface area contributed by atoms with Gasteiger partial charge in [0.05, 0.1) is 30.5 Å². The van der Waals surface area contributed by atoms with Crippen LogP contribution < -0.4 is 5.32 Å². The number of carbonyl (C=O) groups excluding carboxylic acids is 1. The molecule has 3 aromatic heterocycles. The molecule has 0 aliphatic heterocycles. The van der Waals surface area contributed by atoms with Gasteiger partial charge in [0.1, 0.15) is 12.1 Å². The lowest BCUT2D eigenvalue weighted by molar-refractivity contribution is -0.0210. The van der Waals surface area contributed by atoms with Crippen molar-refractivity contribution in [2.75, 3.05) is 6.61 Å².